The lowest BCUT2D eigenvalue weighted by Crippen LogP contribution is -2.64. The fourth-order valence-electron chi connectivity index (χ4n) is 2.85. The molecule has 1 aliphatic heterocycles. The first-order chi connectivity index (χ1) is 8.81. The zero-order valence-corrected chi connectivity index (χ0v) is 12.1. The van der Waals surface area contributed by atoms with E-state index in [0.29, 0.717) is 6.54 Å². The van der Waals surface area contributed by atoms with Crippen LogP contribution in [0.5, 0.6) is 0 Å². The summed E-state index contributed by atoms with van der Waals surface area (Å²) in [6.45, 7) is 6.12. The normalized spacial score (nSPS) is 23.5. The Morgan fingerprint density at radius 2 is 1.89 bits per heavy atom. The van der Waals surface area contributed by atoms with Crippen LogP contribution in [0.25, 0.3) is 0 Å². The van der Waals surface area contributed by atoms with Crippen LogP contribution in [-0.4, -0.2) is 41.1 Å². The van der Waals surface area contributed by atoms with E-state index in [9.17, 15) is 9.59 Å². The Kier molecular flexibility index (Phi) is 3.85. The molecule has 0 aromatic rings. The molecule has 0 atom stereocenters. The minimum absolute atomic E-state index is 0.0803. The predicted molar refractivity (Wildman–Crippen MR) is 71.8 cm³/mol. The molecule has 1 saturated carbocycles. The molecule has 108 valence electrons. The summed E-state index contributed by atoms with van der Waals surface area (Å²) >= 11 is 0. The highest BCUT2D eigenvalue weighted by atomic mass is 16.6. The van der Waals surface area contributed by atoms with Crippen LogP contribution < -0.4 is 5.32 Å². The lowest BCUT2D eigenvalue weighted by Gasteiger charge is -2.44. The first-order valence-corrected chi connectivity index (χ1v) is 7.10. The van der Waals surface area contributed by atoms with Gasteiger partial charge in [0.2, 0.25) is 5.91 Å². The van der Waals surface area contributed by atoms with Crippen LogP contribution >= 0.6 is 0 Å². The van der Waals surface area contributed by atoms with Crippen molar-refractivity contribution in [1.29, 1.82) is 0 Å². The maximum Gasteiger partial charge on any atom is 0.417 e. The molecule has 1 saturated heterocycles. The molecule has 1 N–H and O–H groups in total. The summed E-state index contributed by atoms with van der Waals surface area (Å²) in [5.74, 6) is -0.189. The van der Waals surface area contributed by atoms with Crippen molar-refractivity contribution in [2.45, 2.75) is 64.0 Å². The van der Waals surface area contributed by atoms with E-state index >= 15 is 0 Å². The summed E-state index contributed by atoms with van der Waals surface area (Å²) in [4.78, 5) is 25.3. The standard InChI is InChI=1S/C14H24N2O3/c1-13(2,3)19-12(18)16-10-14(15-9-11(16)17)7-5-4-6-8-14/h15H,4-10H2,1-3H3. The van der Waals surface area contributed by atoms with Crippen LogP contribution in [0.3, 0.4) is 0 Å². The van der Waals surface area contributed by atoms with Gasteiger partial charge in [0.05, 0.1) is 13.1 Å². The lowest BCUT2D eigenvalue weighted by molar-refractivity contribution is -0.134. The van der Waals surface area contributed by atoms with E-state index in [0.717, 1.165) is 25.7 Å². The van der Waals surface area contributed by atoms with Crippen molar-refractivity contribution < 1.29 is 14.3 Å². The van der Waals surface area contributed by atoms with Crippen LogP contribution in [-0.2, 0) is 9.53 Å². The second-order valence-corrected chi connectivity index (χ2v) is 6.65. The van der Waals surface area contributed by atoms with Gasteiger partial charge in [-0.3, -0.25) is 4.79 Å². The molecule has 2 amide bonds. The largest absolute Gasteiger partial charge is 0.443 e. The molecule has 1 heterocycles. The Morgan fingerprint density at radius 1 is 1.26 bits per heavy atom. The van der Waals surface area contributed by atoms with Crippen molar-refractivity contribution in [1.82, 2.24) is 10.2 Å². The van der Waals surface area contributed by atoms with E-state index in [-0.39, 0.29) is 18.0 Å². The third-order valence-electron chi connectivity index (χ3n) is 3.80. The third-order valence-corrected chi connectivity index (χ3v) is 3.80. The van der Waals surface area contributed by atoms with Gasteiger partial charge in [-0.2, -0.15) is 0 Å². The molecule has 0 aromatic heterocycles. The predicted octanol–water partition coefficient (Wildman–Crippen LogP) is 2.06. The molecule has 2 aliphatic rings. The minimum atomic E-state index is -0.567. The monoisotopic (exact) mass is 268 g/mol. The van der Waals surface area contributed by atoms with Gasteiger partial charge in [0.25, 0.3) is 0 Å². The van der Waals surface area contributed by atoms with E-state index in [1.807, 2.05) is 20.8 Å². The molecule has 5 nitrogen and oxygen atoms in total. The average Bonchev–Trinajstić information content (AvgIpc) is 2.32. The van der Waals surface area contributed by atoms with Crippen molar-refractivity contribution >= 4 is 12.0 Å². The fourth-order valence-corrected chi connectivity index (χ4v) is 2.85. The molecule has 2 fully saturated rings. The number of ether oxygens (including phenoxy) is 1. The Bertz CT molecular complexity index is 367. The first-order valence-electron chi connectivity index (χ1n) is 7.10. The van der Waals surface area contributed by atoms with Crippen LogP contribution in [0.4, 0.5) is 4.79 Å². The maximum absolute atomic E-state index is 12.1. The lowest BCUT2D eigenvalue weighted by atomic mass is 9.80. The number of hydrogen-bond donors (Lipinski definition) is 1. The molecule has 0 aromatic carbocycles. The number of amides is 2. The molecule has 0 bridgehead atoms. The van der Waals surface area contributed by atoms with Crippen molar-refractivity contribution in [3.8, 4) is 0 Å². The number of rotatable bonds is 0. The van der Waals surface area contributed by atoms with Crippen molar-refractivity contribution in [2.24, 2.45) is 0 Å². The smallest absolute Gasteiger partial charge is 0.417 e. The van der Waals surface area contributed by atoms with Gasteiger partial charge in [-0.25, -0.2) is 9.69 Å². The number of carbonyl (C=O) groups excluding carboxylic acids is 2. The van der Waals surface area contributed by atoms with Crippen molar-refractivity contribution in [3.05, 3.63) is 0 Å². The number of imide groups is 1. The van der Waals surface area contributed by atoms with E-state index in [2.05, 4.69) is 5.32 Å². The fraction of sp³-hybridized carbons (Fsp3) is 0.857. The molecule has 1 spiro atoms. The summed E-state index contributed by atoms with van der Waals surface area (Å²) in [5.41, 5.74) is -0.648. The molecular formula is C14H24N2O3. The highest BCUT2D eigenvalue weighted by Gasteiger charge is 2.42. The molecule has 0 unspecified atom stereocenters. The van der Waals surface area contributed by atoms with Crippen molar-refractivity contribution in [3.63, 3.8) is 0 Å². The summed E-state index contributed by atoms with van der Waals surface area (Å²) in [7, 11) is 0. The molecule has 1 aliphatic carbocycles. The second kappa shape index (κ2) is 5.12. The molecular weight excluding hydrogens is 244 g/mol. The zero-order chi connectivity index (χ0) is 14.1. The summed E-state index contributed by atoms with van der Waals surface area (Å²) in [5, 5.41) is 3.33. The van der Waals surface area contributed by atoms with Crippen LogP contribution in [0.2, 0.25) is 0 Å². The number of piperazine rings is 1. The van der Waals surface area contributed by atoms with Gasteiger partial charge < -0.3 is 10.1 Å². The number of nitrogens with one attached hydrogen (secondary N) is 1. The van der Waals surface area contributed by atoms with E-state index in [4.69, 9.17) is 4.74 Å². The minimum Gasteiger partial charge on any atom is -0.443 e. The van der Waals surface area contributed by atoms with E-state index in [1.165, 1.54) is 11.3 Å². The number of nitrogens with zero attached hydrogens (tertiary/aromatic N) is 1. The van der Waals surface area contributed by atoms with E-state index < -0.39 is 11.7 Å². The zero-order valence-electron chi connectivity index (χ0n) is 12.1. The Labute approximate surface area is 114 Å². The maximum atomic E-state index is 12.1. The first kappa shape index (κ1) is 14.3. The number of carbonyl (C=O) groups is 2. The molecule has 2 rings (SSSR count). The van der Waals surface area contributed by atoms with Gasteiger partial charge in [-0.1, -0.05) is 19.3 Å². The molecule has 19 heavy (non-hydrogen) atoms. The third kappa shape index (κ3) is 3.47. The Hall–Kier alpha value is -1.10. The summed E-state index contributed by atoms with van der Waals surface area (Å²) in [6.07, 6.45) is 5.10. The van der Waals surface area contributed by atoms with Gasteiger partial charge in [0.1, 0.15) is 5.60 Å². The summed E-state index contributed by atoms with van der Waals surface area (Å²) < 4.78 is 5.32. The quantitative estimate of drug-likeness (QED) is 0.730. The average molecular weight is 268 g/mol. The highest BCUT2D eigenvalue weighted by molar-refractivity contribution is 5.94. The van der Waals surface area contributed by atoms with Crippen LogP contribution in [0.1, 0.15) is 52.9 Å². The molecule has 0 radical (unpaired) electrons. The van der Waals surface area contributed by atoms with Gasteiger partial charge in [-0.05, 0) is 33.6 Å². The van der Waals surface area contributed by atoms with Gasteiger partial charge in [0, 0.05) is 5.54 Å². The van der Waals surface area contributed by atoms with Gasteiger partial charge >= 0.3 is 6.09 Å². The Balaban J connectivity index is 2.06. The van der Waals surface area contributed by atoms with Crippen molar-refractivity contribution in [2.75, 3.05) is 13.1 Å². The van der Waals surface area contributed by atoms with E-state index in [1.54, 1.807) is 0 Å². The summed E-state index contributed by atoms with van der Waals surface area (Å²) in [6, 6.07) is 0. The van der Waals surface area contributed by atoms with Gasteiger partial charge in [-0.15, -0.1) is 0 Å². The second-order valence-electron chi connectivity index (χ2n) is 6.65. The van der Waals surface area contributed by atoms with Crippen LogP contribution in [0, 0.1) is 0 Å². The topological polar surface area (TPSA) is 58.6 Å². The molecule has 5 heteroatoms. The highest BCUT2D eigenvalue weighted by Crippen LogP contribution is 2.31. The Morgan fingerprint density at radius 3 is 2.47 bits per heavy atom. The van der Waals surface area contributed by atoms with Gasteiger partial charge in [0.15, 0.2) is 0 Å². The number of hydrogen-bond acceptors (Lipinski definition) is 4. The van der Waals surface area contributed by atoms with Crippen LogP contribution in [0.15, 0.2) is 0 Å². The SMILES string of the molecule is CC(C)(C)OC(=O)N1CC2(CCCCC2)NCC1=O.